The lowest BCUT2D eigenvalue weighted by Gasteiger charge is -2.27. The van der Waals surface area contributed by atoms with Crippen molar-refractivity contribution in [2.75, 3.05) is 6.61 Å². The summed E-state index contributed by atoms with van der Waals surface area (Å²) in [4.78, 5) is 12.7. The minimum atomic E-state index is -1.30. The third-order valence-electron chi connectivity index (χ3n) is 16.9. The number of allylic oxidation sites excluding steroid dienone is 10. The molecule has 6 nitrogen and oxygen atoms in total. The van der Waals surface area contributed by atoms with Gasteiger partial charge in [-0.2, -0.15) is 0 Å². The van der Waals surface area contributed by atoms with Crippen molar-refractivity contribution in [1.29, 1.82) is 0 Å². The van der Waals surface area contributed by atoms with E-state index in [1.165, 1.54) is 289 Å². The van der Waals surface area contributed by atoms with Crippen molar-refractivity contribution in [2.24, 2.45) is 0 Å². The maximum atomic E-state index is 12.7. The van der Waals surface area contributed by atoms with Gasteiger partial charge in [0.15, 0.2) is 0 Å². The van der Waals surface area contributed by atoms with Gasteiger partial charge in [-0.1, -0.05) is 344 Å². The number of carbonyl (C=O) groups is 1. The summed E-state index contributed by atoms with van der Waals surface area (Å²) in [5, 5.41) is 44.2. The van der Waals surface area contributed by atoms with E-state index in [0.717, 1.165) is 57.8 Å². The zero-order valence-electron chi connectivity index (χ0n) is 54.3. The first-order valence-corrected chi connectivity index (χ1v) is 36.2. The van der Waals surface area contributed by atoms with E-state index in [4.69, 9.17) is 0 Å². The Balaban J connectivity index is 3.62. The van der Waals surface area contributed by atoms with Gasteiger partial charge in [0.2, 0.25) is 5.91 Å². The smallest absolute Gasteiger partial charge is 0.249 e. The normalized spacial score (nSPS) is 13.8. The molecule has 4 atom stereocenters. The third kappa shape index (κ3) is 62.4. The molecule has 0 aliphatic heterocycles. The molecule has 0 rings (SSSR count). The quantitative estimate of drug-likeness (QED) is 0.0308. The molecule has 0 saturated heterocycles. The second-order valence-corrected chi connectivity index (χ2v) is 24.9. The molecule has 0 aromatic heterocycles. The van der Waals surface area contributed by atoms with Crippen molar-refractivity contribution in [2.45, 2.75) is 404 Å². The molecule has 0 saturated carbocycles. The fourth-order valence-electron chi connectivity index (χ4n) is 11.3. The Morgan fingerprint density at radius 2 is 0.556 bits per heavy atom. The number of unbranched alkanes of at least 4 members (excludes halogenated alkanes) is 48. The number of hydrogen-bond acceptors (Lipinski definition) is 5. The molecule has 0 spiro atoms. The van der Waals surface area contributed by atoms with Gasteiger partial charge in [-0.05, 0) is 96.3 Å². The number of nitrogens with one attached hydrogen (secondary N) is 1. The van der Waals surface area contributed by atoms with E-state index in [-0.39, 0.29) is 0 Å². The van der Waals surface area contributed by atoms with Crippen molar-refractivity contribution < 1.29 is 25.2 Å². The molecule has 1 amide bonds. The highest BCUT2D eigenvalue weighted by Crippen LogP contribution is 2.19. The van der Waals surface area contributed by atoms with Gasteiger partial charge in [-0.15, -0.1) is 0 Å². The lowest BCUT2D eigenvalue weighted by atomic mass is 10.00. The molecule has 0 heterocycles. The molecule has 4 unspecified atom stereocenters. The molecule has 81 heavy (non-hydrogen) atoms. The van der Waals surface area contributed by atoms with E-state index in [2.05, 4.69) is 79.9 Å². The lowest BCUT2D eigenvalue weighted by Crippen LogP contribution is -2.53. The van der Waals surface area contributed by atoms with E-state index in [1.807, 2.05) is 0 Å². The second-order valence-electron chi connectivity index (χ2n) is 24.9. The summed E-state index contributed by atoms with van der Waals surface area (Å²) in [6.07, 6.45) is 92.2. The highest BCUT2D eigenvalue weighted by atomic mass is 16.3. The summed E-state index contributed by atoms with van der Waals surface area (Å²) in [6, 6.07) is -1.02. The fraction of sp³-hybridized carbons (Fsp3) is 0.853. The molecular formula is C75H141NO5. The van der Waals surface area contributed by atoms with Gasteiger partial charge >= 0.3 is 0 Å². The molecule has 476 valence electrons. The Hall–Kier alpha value is -1.99. The van der Waals surface area contributed by atoms with Crippen LogP contribution in [-0.4, -0.2) is 57.3 Å². The molecule has 0 aliphatic rings. The molecule has 0 fully saturated rings. The zero-order valence-corrected chi connectivity index (χ0v) is 54.3. The average Bonchev–Trinajstić information content (AvgIpc) is 3.47. The van der Waals surface area contributed by atoms with E-state index in [1.54, 1.807) is 0 Å². The number of hydrogen-bond donors (Lipinski definition) is 5. The van der Waals surface area contributed by atoms with Crippen LogP contribution in [0, 0.1) is 0 Å². The van der Waals surface area contributed by atoms with Gasteiger partial charge in [-0.3, -0.25) is 4.79 Å². The van der Waals surface area contributed by atoms with Crippen LogP contribution in [0.2, 0.25) is 0 Å². The Labute approximate surface area is 505 Å². The number of carbonyl (C=O) groups excluding carboxylic acids is 1. The van der Waals surface area contributed by atoms with Gasteiger partial charge < -0.3 is 25.7 Å². The fourth-order valence-corrected chi connectivity index (χ4v) is 11.3. The molecule has 0 radical (unpaired) electrons. The first-order chi connectivity index (χ1) is 40.0. The molecule has 0 aromatic rings. The van der Waals surface area contributed by atoms with Crippen molar-refractivity contribution in [3.8, 4) is 0 Å². The molecule has 5 N–H and O–H groups in total. The minimum Gasteiger partial charge on any atom is -0.394 e. The average molecular weight is 1140 g/mol. The molecule has 6 heteroatoms. The van der Waals surface area contributed by atoms with E-state index in [9.17, 15) is 25.2 Å². The number of amides is 1. The lowest BCUT2D eigenvalue weighted by molar-refractivity contribution is -0.132. The largest absolute Gasteiger partial charge is 0.394 e. The summed E-state index contributed by atoms with van der Waals surface area (Å²) in [5.41, 5.74) is 0. The van der Waals surface area contributed by atoms with E-state index in [0.29, 0.717) is 19.3 Å². The summed E-state index contributed by atoms with van der Waals surface area (Å²) in [7, 11) is 0. The number of aliphatic hydroxyl groups is 4. The minimum absolute atomic E-state index is 0.358. The predicted octanol–water partition coefficient (Wildman–Crippen LogP) is 22.6. The zero-order chi connectivity index (χ0) is 58.7. The maximum absolute atomic E-state index is 12.7. The SMILES string of the molecule is CCCCCCCCCCCCC/C=C\C/C=C\CCCCCCCCCCCCCCCCCCC(O)C(=O)NC(CO)C(O)C(O)CCC/C=C/CC/C=C/CC/C=C/CCCCCCCCCCCCCCCCCCCC. The first-order valence-electron chi connectivity index (χ1n) is 36.2. The Bertz CT molecular complexity index is 1370. The summed E-state index contributed by atoms with van der Waals surface area (Å²) >= 11 is 0. The standard InChI is InChI=1S/C75H141NO5/c1-3-5-7-9-11-13-15-17-19-21-23-25-27-29-31-33-35-36-37-39-41-43-45-47-49-51-53-55-57-59-61-63-65-67-69-73(79)75(81)76-71(70-77)74(80)72(78)68-66-64-62-60-58-56-54-52-50-48-46-44-42-40-38-34-32-30-28-26-24-22-20-18-16-14-12-10-8-6-4-2/h27,29,33,35,44,46,52,54,60,62,71-74,77-80H,3-26,28,30-32,34,36-43,45,47-51,53,55-59,61,63-70H2,1-2H3,(H,76,81)/b29-27-,35-33-,46-44+,54-52+,62-60+. The van der Waals surface area contributed by atoms with Crippen molar-refractivity contribution in [1.82, 2.24) is 5.32 Å². The molecule has 0 aromatic carbocycles. The van der Waals surface area contributed by atoms with Crippen LogP contribution in [0.1, 0.15) is 380 Å². The topological polar surface area (TPSA) is 110 Å². The van der Waals surface area contributed by atoms with E-state index >= 15 is 0 Å². The van der Waals surface area contributed by atoms with Crippen LogP contribution >= 0.6 is 0 Å². The predicted molar refractivity (Wildman–Crippen MR) is 357 cm³/mol. The van der Waals surface area contributed by atoms with E-state index < -0.39 is 36.9 Å². The van der Waals surface area contributed by atoms with Crippen LogP contribution in [0.15, 0.2) is 60.8 Å². The second kappa shape index (κ2) is 68.8. The third-order valence-corrected chi connectivity index (χ3v) is 16.9. The number of aliphatic hydroxyl groups excluding tert-OH is 4. The van der Waals surface area contributed by atoms with Crippen LogP contribution in [0.3, 0.4) is 0 Å². The van der Waals surface area contributed by atoms with Crippen LogP contribution in [0.25, 0.3) is 0 Å². The summed E-state index contributed by atoms with van der Waals surface area (Å²) in [5.74, 6) is -0.596. The Morgan fingerprint density at radius 1 is 0.309 bits per heavy atom. The molecule has 0 bridgehead atoms. The maximum Gasteiger partial charge on any atom is 0.249 e. The van der Waals surface area contributed by atoms with Crippen LogP contribution in [0.5, 0.6) is 0 Å². The number of rotatable bonds is 67. The highest BCUT2D eigenvalue weighted by molar-refractivity contribution is 5.80. The molecular weight excluding hydrogens is 995 g/mol. The van der Waals surface area contributed by atoms with Crippen LogP contribution < -0.4 is 5.32 Å². The van der Waals surface area contributed by atoms with Gasteiger partial charge in [0.25, 0.3) is 0 Å². The van der Waals surface area contributed by atoms with Crippen molar-refractivity contribution in [3.05, 3.63) is 60.8 Å². The monoisotopic (exact) mass is 1140 g/mol. The first kappa shape index (κ1) is 79.0. The summed E-state index contributed by atoms with van der Waals surface area (Å²) in [6.45, 7) is 4.09. The molecule has 0 aliphatic carbocycles. The Kier molecular flexibility index (Phi) is 67.1. The summed E-state index contributed by atoms with van der Waals surface area (Å²) < 4.78 is 0. The highest BCUT2D eigenvalue weighted by Gasteiger charge is 2.28. The van der Waals surface area contributed by atoms with Crippen LogP contribution in [-0.2, 0) is 4.79 Å². The van der Waals surface area contributed by atoms with Gasteiger partial charge in [0.05, 0.1) is 18.8 Å². The van der Waals surface area contributed by atoms with Crippen molar-refractivity contribution in [3.63, 3.8) is 0 Å². The van der Waals surface area contributed by atoms with Gasteiger partial charge in [0.1, 0.15) is 12.2 Å². The van der Waals surface area contributed by atoms with Gasteiger partial charge in [0, 0.05) is 0 Å². The van der Waals surface area contributed by atoms with Crippen molar-refractivity contribution >= 4 is 5.91 Å². The van der Waals surface area contributed by atoms with Gasteiger partial charge in [-0.25, -0.2) is 0 Å². The van der Waals surface area contributed by atoms with Crippen LogP contribution in [0.4, 0.5) is 0 Å². The Morgan fingerprint density at radius 3 is 0.852 bits per heavy atom.